The van der Waals surface area contributed by atoms with E-state index in [4.69, 9.17) is 18.9 Å². The van der Waals surface area contributed by atoms with Gasteiger partial charge in [0.2, 0.25) is 5.91 Å². The van der Waals surface area contributed by atoms with E-state index in [1.54, 1.807) is 6.08 Å². The fraction of sp³-hybridized carbons (Fsp3) is 0.812. The predicted octanol–water partition coefficient (Wildman–Crippen LogP) is 13.1. The molecule has 0 aromatic carbocycles. The van der Waals surface area contributed by atoms with Crippen LogP contribution in [0.25, 0.3) is 0 Å². The molecular weight excluding hydrogens is 1050 g/mol. The van der Waals surface area contributed by atoms with Crippen molar-refractivity contribution in [1.82, 2.24) is 5.32 Å². The number of aliphatic hydroxyl groups is 8. The van der Waals surface area contributed by atoms with Crippen LogP contribution in [0.5, 0.6) is 0 Å². The van der Waals surface area contributed by atoms with E-state index >= 15 is 0 Å². The van der Waals surface area contributed by atoms with Gasteiger partial charge < -0.3 is 65.1 Å². The van der Waals surface area contributed by atoms with Gasteiger partial charge in [0.1, 0.15) is 48.8 Å². The van der Waals surface area contributed by atoms with Crippen LogP contribution in [-0.4, -0.2) is 140 Å². The molecule has 0 aliphatic carbocycles. The van der Waals surface area contributed by atoms with Crippen molar-refractivity contribution < 1.29 is 64.6 Å². The van der Waals surface area contributed by atoms with Gasteiger partial charge >= 0.3 is 0 Å². The van der Waals surface area contributed by atoms with Crippen LogP contribution >= 0.6 is 0 Å². The molecular formula is C69H123NO13. The molecule has 2 rings (SSSR count). The summed E-state index contributed by atoms with van der Waals surface area (Å²) in [5, 5.41) is 87.3. The summed E-state index contributed by atoms with van der Waals surface area (Å²) in [6.45, 7) is 2.71. The molecule has 83 heavy (non-hydrogen) atoms. The zero-order valence-electron chi connectivity index (χ0n) is 52.2. The van der Waals surface area contributed by atoms with E-state index in [2.05, 4.69) is 79.9 Å². The molecule has 0 bridgehead atoms. The van der Waals surface area contributed by atoms with Gasteiger partial charge in [0, 0.05) is 6.42 Å². The predicted molar refractivity (Wildman–Crippen MR) is 337 cm³/mol. The number of carbonyl (C=O) groups excluding carboxylic acids is 1. The van der Waals surface area contributed by atoms with Gasteiger partial charge in [0.05, 0.1) is 32.0 Å². The van der Waals surface area contributed by atoms with E-state index in [9.17, 15) is 45.6 Å². The van der Waals surface area contributed by atoms with Crippen LogP contribution in [0, 0.1) is 0 Å². The zero-order chi connectivity index (χ0) is 60.2. The highest BCUT2D eigenvalue weighted by Crippen LogP contribution is 2.30. The van der Waals surface area contributed by atoms with Gasteiger partial charge in [-0.25, -0.2) is 0 Å². The molecule has 0 spiro atoms. The molecule has 1 amide bonds. The van der Waals surface area contributed by atoms with E-state index < -0.39 is 86.8 Å². The molecule has 12 atom stereocenters. The number of unbranched alkanes of at least 4 members (excludes halogenated alkanes) is 31. The van der Waals surface area contributed by atoms with Crippen LogP contribution in [0.2, 0.25) is 0 Å². The van der Waals surface area contributed by atoms with Crippen molar-refractivity contribution in [3.8, 4) is 0 Å². The molecule has 9 N–H and O–H groups in total. The molecule has 14 heteroatoms. The first-order valence-corrected chi connectivity index (χ1v) is 33.7. The minimum Gasteiger partial charge on any atom is -0.394 e. The van der Waals surface area contributed by atoms with E-state index in [-0.39, 0.29) is 18.9 Å². The van der Waals surface area contributed by atoms with Crippen molar-refractivity contribution in [3.63, 3.8) is 0 Å². The molecule has 2 fully saturated rings. The van der Waals surface area contributed by atoms with Crippen molar-refractivity contribution in [2.45, 2.75) is 338 Å². The standard InChI is InChI=1S/C69H123NO13/c1-3-5-7-9-11-13-15-17-19-21-23-24-25-26-27-28-29-30-31-32-33-34-35-37-39-41-43-45-47-49-51-53-61(74)70-57(58(73)52-50-48-46-44-42-40-38-36-22-20-18-16-14-12-10-8-6-4-2)56-80-68-66(79)64(77)67(60(55-72)82-68)83-69-65(78)63(76)62(75)59(54-71)81-69/h5,7,11,13,17,19,23-24,26-27,50,52,57-60,62-69,71-73,75-79H,3-4,6,8-10,12,14-16,18,20-22,25,28-49,51,53-56H2,1-2H3,(H,70,74)/b7-5-,13-11-,19-17-,24-23-,27-26-,52-50+. The second-order valence-electron chi connectivity index (χ2n) is 23.6. The Morgan fingerprint density at radius 3 is 1.28 bits per heavy atom. The van der Waals surface area contributed by atoms with Crippen LogP contribution in [0.4, 0.5) is 0 Å². The zero-order valence-corrected chi connectivity index (χ0v) is 52.2. The first-order chi connectivity index (χ1) is 40.6. The van der Waals surface area contributed by atoms with Crippen LogP contribution in [0.1, 0.15) is 264 Å². The number of ether oxygens (including phenoxy) is 4. The number of amides is 1. The highest BCUT2D eigenvalue weighted by molar-refractivity contribution is 5.76. The lowest BCUT2D eigenvalue weighted by Crippen LogP contribution is -2.65. The summed E-state index contributed by atoms with van der Waals surface area (Å²) in [6, 6.07) is -0.918. The maximum Gasteiger partial charge on any atom is 0.220 e. The molecule has 0 saturated carbocycles. The Balaban J connectivity index is 1.67. The summed E-state index contributed by atoms with van der Waals surface area (Å²) in [4.78, 5) is 13.3. The number of nitrogens with one attached hydrogen (secondary N) is 1. The van der Waals surface area contributed by atoms with E-state index in [1.165, 1.54) is 167 Å². The number of hydrogen-bond donors (Lipinski definition) is 9. The number of hydrogen-bond acceptors (Lipinski definition) is 13. The third-order valence-electron chi connectivity index (χ3n) is 16.1. The molecule has 2 heterocycles. The Kier molecular flexibility index (Phi) is 49.5. The van der Waals surface area contributed by atoms with Gasteiger partial charge in [-0.15, -0.1) is 0 Å². The summed E-state index contributed by atoms with van der Waals surface area (Å²) in [6.07, 6.45) is 55.1. The maximum atomic E-state index is 13.3. The summed E-state index contributed by atoms with van der Waals surface area (Å²) < 4.78 is 22.8. The molecule has 0 aromatic heterocycles. The van der Waals surface area contributed by atoms with Crippen molar-refractivity contribution in [3.05, 3.63) is 72.9 Å². The highest BCUT2D eigenvalue weighted by atomic mass is 16.7. The van der Waals surface area contributed by atoms with E-state index in [0.717, 1.165) is 70.6 Å². The quantitative estimate of drug-likeness (QED) is 0.0204. The Morgan fingerprint density at radius 2 is 0.831 bits per heavy atom. The third kappa shape index (κ3) is 38.4. The van der Waals surface area contributed by atoms with Gasteiger partial charge in [-0.1, -0.05) is 267 Å². The third-order valence-corrected chi connectivity index (χ3v) is 16.1. The Morgan fingerprint density at radius 1 is 0.446 bits per heavy atom. The van der Waals surface area contributed by atoms with Gasteiger partial charge in [-0.2, -0.15) is 0 Å². The number of allylic oxidation sites excluding steroid dienone is 11. The van der Waals surface area contributed by atoms with Crippen LogP contribution in [0.15, 0.2) is 72.9 Å². The monoisotopic (exact) mass is 1170 g/mol. The average molecular weight is 1170 g/mol. The number of rotatable bonds is 54. The van der Waals surface area contributed by atoms with Crippen LogP contribution in [-0.2, 0) is 23.7 Å². The summed E-state index contributed by atoms with van der Waals surface area (Å²) in [5.41, 5.74) is 0. The smallest absolute Gasteiger partial charge is 0.220 e. The molecule has 0 radical (unpaired) electrons. The number of aliphatic hydroxyl groups excluding tert-OH is 8. The molecule has 482 valence electrons. The molecule has 2 aliphatic rings. The van der Waals surface area contributed by atoms with Gasteiger partial charge in [-0.05, 0) is 64.2 Å². The van der Waals surface area contributed by atoms with Crippen LogP contribution in [0.3, 0.4) is 0 Å². The lowest BCUT2D eigenvalue weighted by molar-refractivity contribution is -0.359. The minimum absolute atomic E-state index is 0.239. The van der Waals surface area contributed by atoms with E-state index in [0.29, 0.717) is 6.42 Å². The van der Waals surface area contributed by atoms with Crippen LogP contribution < -0.4 is 5.32 Å². The maximum absolute atomic E-state index is 13.3. The summed E-state index contributed by atoms with van der Waals surface area (Å²) in [5.74, 6) is -0.239. The van der Waals surface area contributed by atoms with Gasteiger partial charge in [0.15, 0.2) is 12.6 Å². The molecule has 2 aliphatic heterocycles. The van der Waals surface area contributed by atoms with Crippen molar-refractivity contribution in [2.75, 3.05) is 19.8 Å². The van der Waals surface area contributed by atoms with Crippen molar-refractivity contribution >= 4 is 5.91 Å². The molecule has 0 aromatic rings. The largest absolute Gasteiger partial charge is 0.394 e. The van der Waals surface area contributed by atoms with E-state index in [1.807, 2.05) is 6.08 Å². The second kappa shape index (κ2) is 53.7. The first-order valence-electron chi connectivity index (χ1n) is 33.7. The first kappa shape index (κ1) is 76.5. The lowest BCUT2D eigenvalue weighted by Gasteiger charge is -2.46. The van der Waals surface area contributed by atoms with Gasteiger partial charge in [-0.3, -0.25) is 4.79 Å². The fourth-order valence-electron chi connectivity index (χ4n) is 10.8. The molecule has 12 unspecified atom stereocenters. The summed E-state index contributed by atoms with van der Waals surface area (Å²) >= 11 is 0. The Bertz CT molecular complexity index is 1670. The average Bonchev–Trinajstić information content (AvgIpc) is 3.64. The SMILES string of the molecule is CC/C=C\C/C=C\C/C=C\C/C=C\C/C=C\CCCCCCCCCCCCCCCCCC(=O)NC(COC1OC(CO)C(OC2OC(CO)C(O)C(O)C2O)C(O)C1O)C(O)/C=C/CCCCCCCCCCCCCCCCCC. The number of carbonyl (C=O) groups is 1. The Labute approximate surface area is 504 Å². The van der Waals surface area contributed by atoms with Crippen molar-refractivity contribution in [1.29, 1.82) is 0 Å². The second-order valence-corrected chi connectivity index (χ2v) is 23.6. The molecule has 2 saturated heterocycles. The normalized spacial score (nSPS) is 24.3. The summed E-state index contributed by atoms with van der Waals surface area (Å²) in [7, 11) is 0. The minimum atomic E-state index is -1.79. The Hall–Kier alpha value is -2.57. The highest BCUT2D eigenvalue weighted by Gasteiger charge is 2.51. The van der Waals surface area contributed by atoms with Gasteiger partial charge in [0.25, 0.3) is 0 Å². The fourth-order valence-corrected chi connectivity index (χ4v) is 10.8. The molecule has 14 nitrogen and oxygen atoms in total. The lowest BCUT2D eigenvalue weighted by atomic mass is 9.97. The van der Waals surface area contributed by atoms with Crippen molar-refractivity contribution in [2.24, 2.45) is 0 Å². The topological polar surface area (TPSA) is 228 Å².